The van der Waals surface area contributed by atoms with Crippen molar-refractivity contribution in [3.05, 3.63) is 21.9 Å². The highest BCUT2D eigenvalue weighted by molar-refractivity contribution is 7.13. The van der Waals surface area contributed by atoms with E-state index in [1.807, 2.05) is 0 Å². The Bertz CT molecular complexity index is 799. The van der Waals surface area contributed by atoms with E-state index in [1.54, 1.807) is 19.1 Å². The van der Waals surface area contributed by atoms with Gasteiger partial charge in [0.05, 0.1) is 23.0 Å². The van der Waals surface area contributed by atoms with E-state index < -0.39 is 43.4 Å². The molecule has 5 N–H and O–H groups in total. The molecule has 7 nitrogen and oxygen atoms in total. The molecule has 1 aromatic heterocycles. The van der Waals surface area contributed by atoms with Crippen LogP contribution in [0.5, 0.6) is 0 Å². The van der Waals surface area contributed by atoms with Crippen LogP contribution in [-0.2, 0) is 9.47 Å². The van der Waals surface area contributed by atoms with E-state index in [0.717, 1.165) is 4.88 Å². The zero-order valence-electron chi connectivity index (χ0n) is 14.5. The first-order valence-corrected chi connectivity index (χ1v) is 8.92. The van der Waals surface area contributed by atoms with E-state index in [2.05, 4.69) is 35.5 Å². The molecule has 0 radical (unpaired) electrons. The van der Waals surface area contributed by atoms with Crippen LogP contribution in [-0.4, -0.2) is 75.6 Å². The smallest absolute Gasteiger partial charge is 0.186 e. The van der Waals surface area contributed by atoms with Crippen molar-refractivity contribution >= 4 is 11.3 Å². The first-order valence-electron chi connectivity index (χ1n) is 8.10. The van der Waals surface area contributed by atoms with E-state index in [9.17, 15) is 20.4 Å². The topological polar surface area (TPSA) is 120 Å². The van der Waals surface area contributed by atoms with Crippen molar-refractivity contribution in [1.29, 1.82) is 0 Å². The first kappa shape index (κ1) is 21.4. The maximum atomic E-state index is 9.91. The van der Waals surface area contributed by atoms with Crippen LogP contribution in [0, 0.1) is 35.5 Å². The van der Waals surface area contributed by atoms with Gasteiger partial charge in [-0.1, -0.05) is 17.8 Å². The lowest BCUT2D eigenvalue weighted by molar-refractivity contribution is -0.303. The minimum atomic E-state index is -1.54. The summed E-state index contributed by atoms with van der Waals surface area (Å²) >= 11 is 1.36. The fourth-order valence-electron chi connectivity index (χ4n) is 2.21. The second-order valence-electron chi connectivity index (χ2n) is 5.60. The maximum absolute atomic E-state index is 9.91. The molecule has 1 unspecified atom stereocenters. The van der Waals surface area contributed by atoms with Gasteiger partial charge in [-0.25, -0.2) is 0 Å². The Morgan fingerprint density at radius 3 is 2.48 bits per heavy atom. The molecule has 1 aliphatic rings. The summed E-state index contributed by atoms with van der Waals surface area (Å²) in [5.41, 5.74) is 0. The van der Waals surface area contributed by atoms with Crippen LogP contribution in [0.15, 0.2) is 12.1 Å². The second kappa shape index (κ2) is 10.4. The van der Waals surface area contributed by atoms with Gasteiger partial charge >= 0.3 is 0 Å². The SMILES string of the molecule is CC#CC#Cc1ccc(C#CC(O)CO[C@H]2O[C@@H](CO)[C@H](O)[C@@H](O)[C@@H]2O)s1. The number of ether oxygens (including phenoxy) is 2. The van der Waals surface area contributed by atoms with Gasteiger partial charge in [0.15, 0.2) is 6.29 Å². The number of aliphatic hydroxyl groups is 5. The van der Waals surface area contributed by atoms with E-state index in [0.29, 0.717) is 4.88 Å². The van der Waals surface area contributed by atoms with Gasteiger partial charge in [0.2, 0.25) is 0 Å². The maximum Gasteiger partial charge on any atom is 0.186 e. The van der Waals surface area contributed by atoms with Crippen molar-refractivity contribution in [2.75, 3.05) is 13.2 Å². The summed E-state index contributed by atoms with van der Waals surface area (Å²) in [7, 11) is 0. The monoisotopic (exact) mass is 392 g/mol. The lowest BCUT2D eigenvalue weighted by Gasteiger charge is -2.39. The summed E-state index contributed by atoms with van der Waals surface area (Å²) in [6.45, 7) is 0.855. The molecule has 1 fully saturated rings. The average Bonchev–Trinajstić information content (AvgIpc) is 3.12. The zero-order chi connectivity index (χ0) is 19.8. The minimum Gasteiger partial charge on any atom is -0.394 e. The average molecular weight is 392 g/mol. The van der Waals surface area contributed by atoms with Crippen LogP contribution >= 0.6 is 11.3 Å². The van der Waals surface area contributed by atoms with E-state index in [-0.39, 0.29) is 6.61 Å². The summed E-state index contributed by atoms with van der Waals surface area (Å²) in [5, 5.41) is 48.3. The summed E-state index contributed by atoms with van der Waals surface area (Å²) < 4.78 is 10.4. The standard InChI is InChI=1S/C19H20O7S/c1-2-3-4-5-13-8-9-14(27-13)7-6-12(21)11-25-19-18(24)17(23)16(22)15(10-20)26-19/h8-9,12,15-24H,10-11H2,1H3/t12?,15-,16-,17+,18-,19-/m0/s1. The minimum absolute atomic E-state index is 0.292. The van der Waals surface area contributed by atoms with Crippen LogP contribution < -0.4 is 0 Å². The van der Waals surface area contributed by atoms with Gasteiger partial charge in [-0.2, -0.15) is 0 Å². The van der Waals surface area contributed by atoms with Crippen LogP contribution in [0.25, 0.3) is 0 Å². The normalized spacial score (nSPS) is 28.0. The number of aliphatic hydroxyl groups excluding tert-OH is 5. The lowest BCUT2D eigenvalue weighted by Crippen LogP contribution is -2.59. The Kier molecular flexibility index (Phi) is 8.27. The van der Waals surface area contributed by atoms with Crippen LogP contribution in [0.2, 0.25) is 0 Å². The largest absolute Gasteiger partial charge is 0.394 e. The van der Waals surface area contributed by atoms with Gasteiger partial charge < -0.3 is 35.0 Å². The third-order valence-corrected chi connectivity index (χ3v) is 4.52. The Balaban J connectivity index is 1.89. The molecule has 1 saturated heterocycles. The molecule has 0 spiro atoms. The van der Waals surface area contributed by atoms with E-state index in [1.165, 1.54) is 11.3 Å². The van der Waals surface area contributed by atoms with Crippen molar-refractivity contribution in [3.8, 4) is 35.5 Å². The highest BCUT2D eigenvalue weighted by Gasteiger charge is 2.44. The fourth-order valence-corrected chi connectivity index (χ4v) is 2.94. The van der Waals surface area contributed by atoms with Gasteiger partial charge in [-0.3, -0.25) is 0 Å². The molecule has 0 bridgehead atoms. The molecule has 144 valence electrons. The molecule has 0 aromatic carbocycles. The third kappa shape index (κ3) is 6.05. The number of hydrogen-bond acceptors (Lipinski definition) is 8. The Hall–Kier alpha value is -1.90. The zero-order valence-corrected chi connectivity index (χ0v) is 15.3. The molecular weight excluding hydrogens is 372 g/mol. The first-order chi connectivity index (χ1) is 13.0. The van der Waals surface area contributed by atoms with Crippen molar-refractivity contribution in [1.82, 2.24) is 0 Å². The second-order valence-corrected chi connectivity index (χ2v) is 6.69. The highest BCUT2D eigenvalue weighted by atomic mass is 32.1. The molecule has 0 aliphatic carbocycles. The molecular formula is C19H20O7S. The molecule has 6 atom stereocenters. The lowest BCUT2D eigenvalue weighted by atomic mass is 9.99. The van der Waals surface area contributed by atoms with Gasteiger partial charge in [0.25, 0.3) is 0 Å². The predicted molar refractivity (Wildman–Crippen MR) is 97.3 cm³/mol. The highest BCUT2D eigenvalue weighted by Crippen LogP contribution is 2.22. The quantitative estimate of drug-likeness (QED) is 0.402. The predicted octanol–water partition coefficient (Wildman–Crippen LogP) is -1.35. The van der Waals surface area contributed by atoms with E-state index >= 15 is 0 Å². The number of hydrogen-bond donors (Lipinski definition) is 5. The van der Waals surface area contributed by atoms with Crippen molar-refractivity contribution < 1.29 is 35.0 Å². The van der Waals surface area contributed by atoms with Gasteiger partial charge in [0.1, 0.15) is 30.5 Å². The van der Waals surface area contributed by atoms with Crippen molar-refractivity contribution in [2.45, 2.75) is 43.7 Å². The summed E-state index contributed by atoms with van der Waals surface area (Å²) in [6.07, 6.45) is -8.06. The molecule has 1 aromatic rings. The molecule has 0 saturated carbocycles. The summed E-state index contributed by atoms with van der Waals surface area (Å²) in [6, 6.07) is 3.57. The van der Waals surface area contributed by atoms with Crippen molar-refractivity contribution in [2.24, 2.45) is 0 Å². The summed E-state index contributed by atoms with van der Waals surface area (Å²) in [4.78, 5) is 1.50. The van der Waals surface area contributed by atoms with Crippen LogP contribution in [0.3, 0.4) is 0 Å². The van der Waals surface area contributed by atoms with Crippen LogP contribution in [0.1, 0.15) is 16.7 Å². The third-order valence-electron chi connectivity index (χ3n) is 3.61. The number of rotatable bonds is 4. The molecule has 2 heterocycles. The Labute approximate surface area is 161 Å². The summed E-state index contributed by atoms with van der Waals surface area (Å²) in [5.74, 6) is 16.3. The van der Waals surface area contributed by atoms with Crippen LogP contribution in [0.4, 0.5) is 0 Å². The van der Waals surface area contributed by atoms with E-state index in [4.69, 9.17) is 14.6 Å². The molecule has 2 rings (SSSR count). The molecule has 0 amide bonds. The van der Waals surface area contributed by atoms with Gasteiger partial charge in [-0.05, 0) is 36.8 Å². The fraction of sp³-hybridized carbons (Fsp3) is 0.474. The molecule has 27 heavy (non-hydrogen) atoms. The molecule has 1 aliphatic heterocycles. The Morgan fingerprint density at radius 1 is 1.11 bits per heavy atom. The molecule has 8 heteroatoms. The van der Waals surface area contributed by atoms with Gasteiger partial charge in [-0.15, -0.1) is 11.3 Å². The Morgan fingerprint density at radius 2 is 1.81 bits per heavy atom. The number of thiophene rings is 1. The van der Waals surface area contributed by atoms with Gasteiger partial charge in [0, 0.05) is 0 Å². The van der Waals surface area contributed by atoms with Crippen molar-refractivity contribution in [3.63, 3.8) is 0 Å².